The Morgan fingerprint density at radius 3 is 2.89 bits per heavy atom. The highest BCUT2D eigenvalue weighted by atomic mass is 79.9. The van der Waals surface area contributed by atoms with Crippen LogP contribution in [0.4, 0.5) is 4.39 Å². The maximum atomic E-state index is 13.4. The molecule has 1 rings (SSSR count). The smallest absolute Gasteiger partial charge is 0.341 e. The summed E-state index contributed by atoms with van der Waals surface area (Å²) in [5, 5.41) is 2.48. The van der Waals surface area contributed by atoms with E-state index in [1.54, 1.807) is 0 Å². The van der Waals surface area contributed by atoms with Crippen LogP contribution >= 0.6 is 15.9 Å². The van der Waals surface area contributed by atoms with Gasteiger partial charge in [-0.15, -0.1) is 6.58 Å². The van der Waals surface area contributed by atoms with Crippen LogP contribution in [-0.4, -0.2) is 24.5 Å². The second kappa shape index (κ2) is 7.04. The fourth-order valence-corrected chi connectivity index (χ4v) is 1.61. The average molecular weight is 330 g/mol. The average Bonchev–Trinajstić information content (AvgIpc) is 2.38. The summed E-state index contributed by atoms with van der Waals surface area (Å²) in [6.07, 6.45) is 0.492. The number of benzene rings is 1. The minimum absolute atomic E-state index is 0.224. The second-order valence-corrected chi connectivity index (χ2v) is 4.62. The molecule has 0 fully saturated rings. The Hall–Kier alpha value is -1.69. The van der Waals surface area contributed by atoms with Gasteiger partial charge in [-0.1, -0.05) is 22.0 Å². The summed E-state index contributed by atoms with van der Waals surface area (Å²) in [6, 6.07) is 3.90. The van der Waals surface area contributed by atoms with Crippen molar-refractivity contribution in [1.82, 2.24) is 5.32 Å². The summed E-state index contributed by atoms with van der Waals surface area (Å²) in [5.41, 5.74) is -0.224. The van der Waals surface area contributed by atoms with Crippen molar-refractivity contribution in [2.45, 2.75) is 13.0 Å². The van der Waals surface area contributed by atoms with Crippen molar-refractivity contribution in [2.24, 2.45) is 0 Å². The molecule has 0 aliphatic rings. The summed E-state index contributed by atoms with van der Waals surface area (Å²) >= 11 is 3.13. The van der Waals surface area contributed by atoms with Gasteiger partial charge in [0.1, 0.15) is 5.82 Å². The zero-order chi connectivity index (χ0) is 14.4. The SMILES string of the molecule is C=CCNC(=O)[C@H](C)OC(=O)c1cc(Br)ccc1F. The number of nitrogens with one attached hydrogen (secondary N) is 1. The lowest BCUT2D eigenvalue weighted by Crippen LogP contribution is -2.36. The van der Waals surface area contributed by atoms with Crippen LogP contribution in [0.25, 0.3) is 0 Å². The molecule has 1 aromatic rings. The van der Waals surface area contributed by atoms with Crippen molar-refractivity contribution < 1.29 is 18.7 Å². The Balaban J connectivity index is 2.71. The van der Waals surface area contributed by atoms with Gasteiger partial charge in [0.2, 0.25) is 0 Å². The van der Waals surface area contributed by atoms with Crippen LogP contribution in [0, 0.1) is 5.82 Å². The van der Waals surface area contributed by atoms with Gasteiger partial charge >= 0.3 is 5.97 Å². The van der Waals surface area contributed by atoms with Gasteiger partial charge in [0.15, 0.2) is 6.10 Å². The predicted octanol–water partition coefficient (Wildman–Crippen LogP) is 2.44. The fraction of sp³-hybridized carbons (Fsp3) is 0.231. The molecule has 0 heterocycles. The van der Waals surface area contributed by atoms with Crippen LogP contribution in [0.5, 0.6) is 0 Å². The molecule has 0 aliphatic carbocycles. The first-order chi connectivity index (χ1) is 8.95. The van der Waals surface area contributed by atoms with Crippen LogP contribution in [0.15, 0.2) is 35.3 Å². The number of rotatable bonds is 5. The molecule has 6 heteroatoms. The molecule has 1 atom stereocenters. The lowest BCUT2D eigenvalue weighted by Gasteiger charge is -2.13. The minimum Gasteiger partial charge on any atom is -0.449 e. The van der Waals surface area contributed by atoms with E-state index in [-0.39, 0.29) is 12.1 Å². The highest BCUT2D eigenvalue weighted by molar-refractivity contribution is 9.10. The predicted molar refractivity (Wildman–Crippen MR) is 72.2 cm³/mol. The van der Waals surface area contributed by atoms with Gasteiger partial charge in [0.05, 0.1) is 5.56 Å². The molecule has 0 radical (unpaired) electrons. The Morgan fingerprint density at radius 1 is 1.58 bits per heavy atom. The van der Waals surface area contributed by atoms with E-state index in [4.69, 9.17) is 4.74 Å². The molecule has 0 aliphatic heterocycles. The Labute approximate surface area is 118 Å². The van der Waals surface area contributed by atoms with Crippen molar-refractivity contribution in [3.63, 3.8) is 0 Å². The third-order valence-electron chi connectivity index (χ3n) is 2.22. The van der Waals surface area contributed by atoms with Crippen molar-refractivity contribution in [3.05, 3.63) is 46.7 Å². The summed E-state index contributed by atoms with van der Waals surface area (Å²) in [7, 11) is 0. The number of esters is 1. The Morgan fingerprint density at radius 2 is 2.26 bits per heavy atom. The standard InChI is InChI=1S/C13H13BrFNO3/c1-3-6-16-12(17)8(2)19-13(18)10-7-9(14)4-5-11(10)15/h3-5,7-8H,1,6H2,2H3,(H,16,17)/t8-/m0/s1. The number of halogens is 2. The zero-order valence-electron chi connectivity index (χ0n) is 10.3. The van der Waals surface area contributed by atoms with Crippen LogP contribution in [0.1, 0.15) is 17.3 Å². The highest BCUT2D eigenvalue weighted by Gasteiger charge is 2.20. The largest absolute Gasteiger partial charge is 0.449 e. The normalized spacial score (nSPS) is 11.5. The first-order valence-corrected chi connectivity index (χ1v) is 6.29. The zero-order valence-corrected chi connectivity index (χ0v) is 11.9. The van der Waals surface area contributed by atoms with Gasteiger partial charge in [-0.2, -0.15) is 0 Å². The van der Waals surface area contributed by atoms with E-state index in [0.717, 1.165) is 6.07 Å². The molecule has 0 bridgehead atoms. The van der Waals surface area contributed by atoms with E-state index in [0.29, 0.717) is 4.47 Å². The van der Waals surface area contributed by atoms with Gasteiger partial charge in [-0.05, 0) is 25.1 Å². The van der Waals surface area contributed by atoms with E-state index in [2.05, 4.69) is 27.8 Å². The molecule has 1 amide bonds. The fourth-order valence-electron chi connectivity index (χ4n) is 1.25. The molecular formula is C13H13BrFNO3. The minimum atomic E-state index is -1.01. The molecular weight excluding hydrogens is 317 g/mol. The lowest BCUT2D eigenvalue weighted by molar-refractivity contribution is -0.128. The van der Waals surface area contributed by atoms with Gasteiger partial charge in [0, 0.05) is 11.0 Å². The van der Waals surface area contributed by atoms with E-state index < -0.39 is 23.8 Å². The first kappa shape index (κ1) is 15.4. The first-order valence-electron chi connectivity index (χ1n) is 5.50. The summed E-state index contributed by atoms with van der Waals surface area (Å²) in [4.78, 5) is 23.2. The van der Waals surface area contributed by atoms with Crippen molar-refractivity contribution in [1.29, 1.82) is 0 Å². The number of ether oxygens (including phenoxy) is 1. The molecule has 0 saturated heterocycles. The number of hydrogen-bond acceptors (Lipinski definition) is 3. The number of hydrogen-bond donors (Lipinski definition) is 1. The van der Waals surface area contributed by atoms with Gasteiger partial charge in [0.25, 0.3) is 5.91 Å². The van der Waals surface area contributed by atoms with E-state index in [9.17, 15) is 14.0 Å². The molecule has 0 aromatic heterocycles. The number of carbonyl (C=O) groups is 2. The summed E-state index contributed by atoms with van der Waals surface area (Å²) in [5.74, 6) is -2.06. The maximum absolute atomic E-state index is 13.4. The van der Waals surface area contributed by atoms with Crippen molar-refractivity contribution in [2.75, 3.05) is 6.54 Å². The van der Waals surface area contributed by atoms with E-state index in [1.807, 2.05) is 0 Å². The monoisotopic (exact) mass is 329 g/mol. The third-order valence-corrected chi connectivity index (χ3v) is 2.72. The molecule has 4 nitrogen and oxygen atoms in total. The van der Waals surface area contributed by atoms with Crippen LogP contribution in [0.2, 0.25) is 0 Å². The van der Waals surface area contributed by atoms with Crippen LogP contribution in [-0.2, 0) is 9.53 Å². The number of amides is 1. The second-order valence-electron chi connectivity index (χ2n) is 3.71. The molecule has 19 heavy (non-hydrogen) atoms. The Kier molecular flexibility index (Phi) is 5.69. The van der Waals surface area contributed by atoms with Crippen LogP contribution in [0.3, 0.4) is 0 Å². The third kappa shape index (κ3) is 4.48. The van der Waals surface area contributed by atoms with Crippen LogP contribution < -0.4 is 5.32 Å². The number of carbonyl (C=O) groups excluding carboxylic acids is 2. The molecule has 1 aromatic carbocycles. The van der Waals surface area contributed by atoms with E-state index in [1.165, 1.54) is 25.1 Å². The summed E-state index contributed by atoms with van der Waals surface area (Å²) in [6.45, 7) is 5.12. The topological polar surface area (TPSA) is 55.4 Å². The molecule has 102 valence electrons. The molecule has 1 N–H and O–H groups in total. The highest BCUT2D eigenvalue weighted by Crippen LogP contribution is 2.17. The molecule has 0 saturated carbocycles. The molecule has 0 unspecified atom stereocenters. The van der Waals surface area contributed by atoms with Gasteiger partial charge in [-0.3, -0.25) is 4.79 Å². The summed E-state index contributed by atoms with van der Waals surface area (Å²) < 4.78 is 18.9. The maximum Gasteiger partial charge on any atom is 0.341 e. The van der Waals surface area contributed by atoms with Gasteiger partial charge < -0.3 is 10.1 Å². The quantitative estimate of drug-likeness (QED) is 0.666. The Bertz CT molecular complexity index is 505. The van der Waals surface area contributed by atoms with E-state index >= 15 is 0 Å². The molecule has 0 spiro atoms. The lowest BCUT2D eigenvalue weighted by atomic mass is 10.2. The van der Waals surface area contributed by atoms with Crippen molar-refractivity contribution >= 4 is 27.8 Å². The van der Waals surface area contributed by atoms with Gasteiger partial charge in [-0.25, -0.2) is 9.18 Å². The van der Waals surface area contributed by atoms with Crippen molar-refractivity contribution in [3.8, 4) is 0 Å².